The number of alkyl halides is 3. The van der Waals surface area contributed by atoms with E-state index in [0.29, 0.717) is 5.92 Å². The van der Waals surface area contributed by atoms with E-state index in [1.807, 2.05) is 0 Å². The van der Waals surface area contributed by atoms with Crippen molar-refractivity contribution in [3.8, 4) is 17.2 Å². The van der Waals surface area contributed by atoms with E-state index in [0.717, 1.165) is 36.4 Å². The number of benzene rings is 2. The lowest BCUT2D eigenvalue weighted by Gasteiger charge is -2.28. The molecule has 2 atom stereocenters. The molecule has 0 bridgehead atoms. The molecule has 2 N–H and O–H groups in total. The van der Waals surface area contributed by atoms with Crippen LogP contribution in [0.4, 0.5) is 13.2 Å². The van der Waals surface area contributed by atoms with E-state index in [1.165, 1.54) is 24.3 Å². The van der Waals surface area contributed by atoms with Gasteiger partial charge in [-0.25, -0.2) is 0 Å². The first-order valence-corrected chi connectivity index (χ1v) is 10.6. The van der Waals surface area contributed by atoms with Crippen molar-refractivity contribution in [3.63, 3.8) is 0 Å². The molecule has 2 heterocycles. The summed E-state index contributed by atoms with van der Waals surface area (Å²) < 4.78 is 52.4. The quantitative estimate of drug-likeness (QED) is 0.620. The van der Waals surface area contributed by atoms with E-state index < -0.39 is 23.1 Å². The van der Waals surface area contributed by atoms with Gasteiger partial charge in [0.1, 0.15) is 18.0 Å². The van der Waals surface area contributed by atoms with Crippen LogP contribution in [0.25, 0.3) is 11.0 Å². The lowest BCUT2D eigenvalue weighted by atomic mass is 9.99. The Labute approximate surface area is 183 Å². The summed E-state index contributed by atoms with van der Waals surface area (Å²) in [4.78, 5) is 14.2. The number of nitrogens with one attached hydrogen (secondary N) is 1. The molecule has 170 valence electrons. The third-order valence-electron chi connectivity index (χ3n) is 5.86. The molecule has 1 aromatic heterocycles. The summed E-state index contributed by atoms with van der Waals surface area (Å²) in [7, 11) is 0. The first kappa shape index (κ1) is 22.2. The molecule has 1 unspecified atom stereocenters. The van der Waals surface area contributed by atoms with Gasteiger partial charge in [0, 0.05) is 5.92 Å². The molecule has 0 saturated carbocycles. The number of likely N-dealkylation sites (tertiary alicyclic amines) is 1. The number of piperidine rings is 1. The Morgan fingerprint density at radius 2 is 2.03 bits per heavy atom. The number of hydrogen-bond donors (Lipinski definition) is 2. The molecular weight excluding hydrogens is 423 g/mol. The van der Waals surface area contributed by atoms with Gasteiger partial charge in [-0.2, -0.15) is 13.2 Å². The molecule has 1 aliphatic heterocycles. The Morgan fingerprint density at radius 3 is 2.72 bits per heavy atom. The van der Waals surface area contributed by atoms with Crippen molar-refractivity contribution in [2.24, 2.45) is 5.92 Å². The smallest absolute Gasteiger partial charge is 0.453 e. The second kappa shape index (κ2) is 8.50. The summed E-state index contributed by atoms with van der Waals surface area (Å²) in [6, 6.07) is 8.99. The highest BCUT2D eigenvalue weighted by molar-refractivity contribution is 5.83. The van der Waals surface area contributed by atoms with Crippen LogP contribution in [0.5, 0.6) is 17.2 Å². The van der Waals surface area contributed by atoms with Gasteiger partial charge in [0.15, 0.2) is 5.58 Å². The molecule has 0 amide bonds. The molecule has 2 aromatic carbocycles. The van der Waals surface area contributed by atoms with Crippen molar-refractivity contribution in [3.05, 3.63) is 63.5 Å². The molecule has 1 fully saturated rings. The van der Waals surface area contributed by atoms with Crippen molar-refractivity contribution in [1.82, 2.24) is 0 Å². The third-order valence-corrected chi connectivity index (χ3v) is 5.86. The molecule has 1 aliphatic rings. The number of rotatable bonds is 4. The highest BCUT2D eigenvalue weighted by atomic mass is 19.4. The van der Waals surface area contributed by atoms with E-state index in [1.54, 1.807) is 19.1 Å². The monoisotopic (exact) mass is 448 g/mol. The summed E-state index contributed by atoms with van der Waals surface area (Å²) in [5.41, 5.74) is -0.198. The Kier molecular flexibility index (Phi) is 5.90. The number of ether oxygens (including phenoxy) is 1. The molecule has 8 heteroatoms. The van der Waals surface area contributed by atoms with Gasteiger partial charge in [-0.3, -0.25) is 4.79 Å². The summed E-state index contributed by atoms with van der Waals surface area (Å²) in [6.07, 6.45) is -2.87. The van der Waals surface area contributed by atoms with Crippen molar-refractivity contribution in [1.29, 1.82) is 0 Å². The van der Waals surface area contributed by atoms with Crippen LogP contribution in [0.1, 0.15) is 36.7 Å². The SMILES string of the molecule is Cc1cccc(Oc2c(C(F)(F)F)oc3c(C[NH+]4CCC[C@@H](C)C4)c(O)ccc3c2=O)c1. The minimum absolute atomic E-state index is 0.0575. The van der Waals surface area contributed by atoms with Crippen LogP contribution in [0.2, 0.25) is 0 Å². The standard InChI is InChI=1S/C24H24F3NO4/c1-14-5-3-7-16(11-14)31-22-20(30)17-8-9-19(29)18(13-28-10-4-6-15(2)12-28)21(17)32-23(22)24(25,26)27/h3,5,7-9,11,15,29H,4,6,10,12-13H2,1-2H3/p+1/t15-/m1/s1. The largest absolute Gasteiger partial charge is 0.507 e. The lowest BCUT2D eigenvalue weighted by molar-refractivity contribution is -0.922. The number of quaternary nitrogens is 1. The van der Waals surface area contributed by atoms with Crippen LogP contribution < -0.4 is 15.1 Å². The minimum Gasteiger partial charge on any atom is -0.507 e. The Bertz CT molecular complexity index is 1200. The van der Waals surface area contributed by atoms with Crippen LogP contribution >= 0.6 is 0 Å². The van der Waals surface area contributed by atoms with Crippen molar-refractivity contribution < 1.29 is 32.3 Å². The molecule has 32 heavy (non-hydrogen) atoms. The van der Waals surface area contributed by atoms with E-state index in [2.05, 4.69) is 6.92 Å². The molecule has 0 spiro atoms. The highest BCUT2D eigenvalue weighted by Gasteiger charge is 2.41. The average molecular weight is 448 g/mol. The minimum atomic E-state index is -4.96. The zero-order valence-corrected chi connectivity index (χ0v) is 17.9. The maximum absolute atomic E-state index is 13.9. The van der Waals surface area contributed by atoms with Gasteiger partial charge in [0.05, 0.1) is 24.0 Å². The maximum Gasteiger partial charge on any atom is 0.453 e. The predicted octanol–water partition coefficient (Wildman–Crippen LogP) is 4.43. The predicted molar refractivity (Wildman–Crippen MR) is 113 cm³/mol. The maximum atomic E-state index is 13.9. The summed E-state index contributed by atoms with van der Waals surface area (Å²) in [5.74, 6) is -2.03. The Balaban J connectivity index is 1.86. The number of aryl methyl sites for hydroxylation is 1. The fourth-order valence-corrected chi connectivity index (χ4v) is 4.34. The van der Waals surface area contributed by atoms with Gasteiger partial charge in [-0.1, -0.05) is 19.1 Å². The topological polar surface area (TPSA) is 64.1 Å². The Hall–Kier alpha value is -3.00. The summed E-state index contributed by atoms with van der Waals surface area (Å²) in [6.45, 7) is 5.83. The van der Waals surface area contributed by atoms with Crippen molar-refractivity contribution in [2.75, 3.05) is 13.1 Å². The average Bonchev–Trinajstić information content (AvgIpc) is 2.71. The number of aromatic hydroxyl groups is 1. The number of halogens is 3. The zero-order valence-electron chi connectivity index (χ0n) is 17.9. The second-order valence-corrected chi connectivity index (χ2v) is 8.57. The van der Waals surface area contributed by atoms with Gasteiger partial charge >= 0.3 is 6.18 Å². The molecule has 1 saturated heterocycles. The second-order valence-electron chi connectivity index (χ2n) is 8.57. The van der Waals surface area contributed by atoms with Crippen LogP contribution in [0.15, 0.2) is 45.6 Å². The van der Waals surface area contributed by atoms with Gasteiger partial charge < -0.3 is 19.2 Å². The first-order chi connectivity index (χ1) is 15.1. The lowest BCUT2D eigenvalue weighted by Crippen LogP contribution is -3.12. The van der Waals surface area contributed by atoms with Gasteiger partial charge in [-0.15, -0.1) is 0 Å². The number of fused-ring (bicyclic) bond motifs is 1. The zero-order chi connectivity index (χ0) is 23.0. The van der Waals surface area contributed by atoms with E-state index in [9.17, 15) is 23.1 Å². The van der Waals surface area contributed by atoms with E-state index in [-0.39, 0.29) is 34.6 Å². The van der Waals surface area contributed by atoms with Crippen molar-refractivity contribution >= 4 is 11.0 Å². The van der Waals surface area contributed by atoms with Crippen LogP contribution in [-0.2, 0) is 12.7 Å². The molecule has 0 radical (unpaired) electrons. The highest BCUT2D eigenvalue weighted by Crippen LogP contribution is 2.39. The van der Waals surface area contributed by atoms with E-state index >= 15 is 0 Å². The normalized spacial score (nSPS) is 19.3. The van der Waals surface area contributed by atoms with Crippen LogP contribution in [0, 0.1) is 12.8 Å². The van der Waals surface area contributed by atoms with Gasteiger partial charge in [0.2, 0.25) is 11.2 Å². The summed E-state index contributed by atoms with van der Waals surface area (Å²) in [5, 5.41) is 10.4. The van der Waals surface area contributed by atoms with Gasteiger partial charge in [0.25, 0.3) is 5.76 Å². The molecule has 5 nitrogen and oxygen atoms in total. The van der Waals surface area contributed by atoms with Gasteiger partial charge in [-0.05, 0) is 49.6 Å². The first-order valence-electron chi connectivity index (χ1n) is 10.6. The van der Waals surface area contributed by atoms with Crippen molar-refractivity contribution in [2.45, 2.75) is 39.4 Å². The molecule has 3 aromatic rings. The Morgan fingerprint density at radius 1 is 1.25 bits per heavy atom. The number of phenols is 1. The van der Waals surface area contributed by atoms with Crippen LogP contribution in [0.3, 0.4) is 0 Å². The third kappa shape index (κ3) is 4.46. The van der Waals surface area contributed by atoms with E-state index in [4.69, 9.17) is 9.15 Å². The summed E-state index contributed by atoms with van der Waals surface area (Å²) >= 11 is 0. The fourth-order valence-electron chi connectivity index (χ4n) is 4.34. The molecule has 0 aliphatic carbocycles. The van der Waals surface area contributed by atoms with Crippen LogP contribution in [-0.4, -0.2) is 18.2 Å². The fraction of sp³-hybridized carbons (Fsp3) is 0.375. The number of hydrogen-bond acceptors (Lipinski definition) is 4. The number of phenolic OH excluding ortho intramolecular Hbond substituents is 1. The molecule has 4 rings (SSSR count). The molecular formula is C24H25F3NO4+.